The molecule has 1 amide bonds. The van der Waals surface area contributed by atoms with Crippen molar-refractivity contribution < 1.29 is 9.53 Å². The van der Waals surface area contributed by atoms with E-state index in [1.807, 2.05) is 67.6 Å². The van der Waals surface area contributed by atoms with Gasteiger partial charge in [0.2, 0.25) is 0 Å². The largest absolute Gasteiger partial charge is 0.483 e. The highest BCUT2D eigenvalue weighted by molar-refractivity contribution is 9.11. The predicted molar refractivity (Wildman–Crippen MR) is 112 cm³/mol. The molecule has 132 valence electrons. The molecule has 0 aromatic heterocycles. The number of carbonyl (C=O) groups excluding carboxylic acids is 1. The number of rotatable bonds is 5. The fraction of sp³-hybridized carbons (Fsp3) is 0.100. The standard InChI is InChI=1S/C20H16Br2N2O2/c1-13(14-5-3-2-4-6-14)23-24-19(25)12-26-18-10-7-15-11-16(21)8-9-17(15)20(18)22/h2-11H,12H2,1H3,(H,24,25)/b23-13+. The summed E-state index contributed by atoms with van der Waals surface area (Å²) in [4.78, 5) is 12.0. The normalized spacial score (nSPS) is 11.4. The molecule has 0 atom stereocenters. The Kier molecular flexibility index (Phi) is 6.06. The number of benzene rings is 3. The summed E-state index contributed by atoms with van der Waals surface area (Å²) in [6, 6.07) is 19.4. The molecule has 3 aromatic carbocycles. The molecule has 0 fully saturated rings. The number of hydrazone groups is 1. The van der Waals surface area contributed by atoms with E-state index < -0.39 is 0 Å². The maximum Gasteiger partial charge on any atom is 0.277 e. The first-order chi connectivity index (χ1) is 12.5. The fourth-order valence-electron chi connectivity index (χ4n) is 2.42. The summed E-state index contributed by atoms with van der Waals surface area (Å²) in [5.41, 5.74) is 4.21. The molecule has 1 N–H and O–H groups in total. The molecule has 0 aliphatic carbocycles. The zero-order chi connectivity index (χ0) is 18.5. The lowest BCUT2D eigenvalue weighted by Gasteiger charge is -2.10. The molecular weight excluding hydrogens is 460 g/mol. The van der Waals surface area contributed by atoms with Crippen LogP contribution in [0.1, 0.15) is 12.5 Å². The Morgan fingerprint density at radius 1 is 1.08 bits per heavy atom. The van der Waals surface area contributed by atoms with Crippen LogP contribution < -0.4 is 10.2 Å². The van der Waals surface area contributed by atoms with Gasteiger partial charge < -0.3 is 4.74 Å². The van der Waals surface area contributed by atoms with Crippen molar-refractivity contribution in [3.8, 4) is 5.75 Å². The molecule has 4 nitrogen and oxygen atoms in total. The number of hydrogen-bond donors (Lipinski definition) is 1. The number of fused-ring (bicyclic) bond motifs is 1. The Hall–Kier alpha value is -2.18. The number of amides is 1. The van der Waals surface area contributed by atoms with Gasteiger partial charge in [0.25, 0.3) is 5.91 Å². The molecular formula is C20H16Br2N2O2. The molecule has 0 aliphatic heterocycles. The van der Waals surface area contributed by atoms with Crippen LogP contribution >= 0.6 is 31.9 Å². The third kappa shape index (κ3) is 4.51. The van der Waals surface area contributed by atoms with Crippen LogP contribution in [0, 0.1) is 0 Å². The topological polar surface area (TPSA) is 50.7 Å². The molecule has 0 saturated carbocycles. The van der Waals surface area contributed by atoms with E-state index in [0.717, 1.165) is 31.0 Å². The Bertz CT molecular complexity index is 972. The summed E-state index contributed by atoms with van der Waals surface area (Å²) < 4.78 is 7.46. The maximum absolute atomic E-state index is 12.0. The van der Waals surface area contributed by atoms with Gasteiger partial charge >= 0.3 is 0 Å². The summed E-state index contributed by atoms with van der Waals surface area (Å²) >= 11 is 7.01. The average molecular weight is 476 g/mol. The van der Waals surface area contributed by atoms with E-state index in [9.17, 15) is 4.79 Å². The number of nitrogens with one attached hydrogen (secondary N) is 1. The molecule has 6 heteroatoms. The summed E-state index contributed by atoms with van der Waals surface area (Å²) in [5, 5.41) is 6.20. The van der Waals surface area contributed by atoms with Gasteiger partial charge in [-0.1, -0.05) is 58.4 Å². The summed E-state index contributed by atoms with van der Waals surface area (Å²) in [7, 11) is 0. The van der Waals surface area contributed by atoms with E-state index in [1.165, 1.54) is 0 Å². The van der Waals surface area contributed by atoms with Crippen LogP contribution in [-0.4, -0.2) is 18.2 Å². The fourth-order valence-corrected chi connectivity index (χ4v) is 3.41. The summed E-state index contributed by atoms with van der Waals surface area (Å²) in [6.45, 7) is 1.72. The van der Waals surface area contributed by atoms with Crippen molar-refractivity contribution in [1.82, 2.24) is 5.43 Å². The predicted octanol–water partition coefficient (Wildman–Crippen LogP) is 5.28. The van der Waals surface area contributed by atoms with Crippen molar-refractivity contribution >= 4 is 54.3 Å². The Balaban J connectivity index is 1.64. The van der Waals surface area contributed by atoms with Crippen molar-refractivity contribution in [2.45, 2.75) is 6.92 Å². The van der Waals surface area contributed by atoms with Crippen molar-refractivity contribution in [1.29, 1.82) is 0 Å². The molecule has 0 bridgehead atoms. The Labute approximate surface area is 168 Å². The molecule has 26 heavy (non-hydrogen) atoms. The lowest BCUT2D eigenvalue weighted by Crippen LogP contribution is -2.25. The number of nitrogens with zero attached hydrogens (tertiary/aromatic N) is 1. The molecule has 3 aromatic rings. The Morgan fingerprint density at radius 3 is 2.62 bits per heavy atom. The van der Waals surface area contributed by atoms with Gasteiger partial charge in [-0.05, 0) is 57.4 Å². The number of carbonyl (C=O) groups is 1. The van der Waals surface area contributed by atoms with E-state index >= 15 is 0 Å². The van der Waals surface area contributed by atoms with E-state index in [-0.39, 0.29) is 12.5 Å². The zero-order valence-electron chi connectivity index (χ0n) is 14.0. The van der Waals surface area contributed by atoms with Crippen LogP contribution in [0.25, 0.3) is 10.8 Å². The lowest BCUT2D eigenvalue weighted by atomic mass is 10.1. The van der Waals surface area contributed by atoms with Gasteiger partial charge in [-0.15, -0.1) is 0 Å². The number of halogens is 2. The third-order valence-corrected chi connectivity index (χ3v) is 5.09. The van der Waals surface area contributed by atoms with Gasteiger partial charge in [0.15, 0.2) is 6.61 Å². The van der Waals surface area contributed by atoms with Gasteiger partial charge in [-0.2, -0.15) is 5.10 Å². The van der Waals surface area contributed by atoms with Gasteiger partial charge in [-0.25, -0.2) is 5.43 Å². The van der Waals surface area contributed by atoms with Crippen molar-refractivity contribution in [3.05, 3.63) is 75.2 Å². The van der Waals surface area contributed by atoms with Crippen LogP contribution in [0.2, 0.25) is 0 Å². The molecule has 3 rings (SSSR count). The average Bonchev–Trinajstić information content (AvgIpc) is 2.66. The first-order valence-electron chi connectivity index (χ1n) is 7.94. The van der Waals surface area contributed by atoms with Crippen LogP contribution in [0.15, 0.2) is 74.7 Å². The molecule has 0 radical (unpaired) electrons. The van der Waals surface area contributed by atoms with Crippen LogP contribution in [0.4, 0.5) is 0 Å². The second kappa shape index (κ2) is 8.47. The first kappa shape index (κ1) is 18.6. The highest BCUT2D eigenvalue weighted by Crippen LogP contribution is 2.34. The Morgan fingerprint density at radius 2 is 1.85 bits per heavy atom. The van der Waals surface area contributed by atoms with Gasteiger partial charge in [0.05, 0.1) is 10.2 Å². The molecule has 0 spiro atoms. The highest BCUT2D eigenvalue weighted by Gasteiger charge is 2.09. The quantitative estimate of drug-likeness (QED) is 0.403. The second-order valence-electron chi connectivity index (χ2n) is 5.63. The SMILES string of the molecule is C/C(=N\NC(=O)COc1ccc2cc(Br)ccc2c1Br)c1ccccc1. The monoisotopic (exact) mass is 474 g/mol. The van der Waals surface area contributed by atoms with Gasteiger partial charge in [0, 0.05) is 4.47 Å². The van der Waals surface area contributed by atoms with Crippen LogP contribution in [0.5, 0.6) is 5.75 Å². The minimum atomic E-state index is -0.317. The lowest BCUT2D eigenvalue weighted by molar-refractivity contribution is -0.123. The minimum Gasteiger partial charge on any atom is -0.483 e. The summed E-state index contributed by atoms with van der Waals surface area (Å²) in [6.07, 6.45) is 0. The first-order valence-corrected chi connectivity index (χ1v) is 9.52. The summed E-state index contributed by atoms with van der Waals surface area (Å²) in [5.74, 6) is 0.293. The smallest absolute Gasteiger partial charge is 0.277 e. The molecule has 0 aliphatic rings. The van der Waals surface area contributed by atoms with Crippen LogP contribution in [-0.2, 0) is 4.79 Å². The van der Waals surface area contributed by atoms with E-state index in [2.05, 4.69) is 42.4 Å². The number of hydrogen-bond acceptors (Lipinski definition) is 3. The molecule has 0 saturated heterocycles. The minimum absolute atomic E-state index is 0.119. The van der Waals surface area contributed by atoms with Gasteiger partial charge in [0.1, 0.15) is 5.75 Å². The highest BCUT2D eigenvalue weighted by atomic mass is 79.9. The third-order valence-electron chi connectivity index (χ3n) is 3.78. The van der Waals surface area contributed by atoms with E-state index in [4.69, 9.17) is 4.74 Å². The second-order valence-corrected chi connectivity index (χ2v) is 7.34. The van der Waals surface area contributed by atoms with Crippen molar-refractivity contribution in [3.63, 3.8) is 0 Å². The van der Waals surface area contributed by atoms with Gasteiger partial charge in [-0.3, -0.25) is 4.79 Å². The van der Waals surface area contributed by atoms with Crippen molar-refractivity contribution in [2.75, 3.05) is 6.61 Å². The zero-order valence-corrected chi connectivity index (χ0v) is 17.2. The maximum atomic E-state index is 12.0. The molecule has 0 unspecified atom stereocenters. The molecule has 0 heterocycles. The van der Waals surface area contributed by atoms with Crippen molar-refractivity contribution in [2.24, 2.45) is 5.10 Å². The van der Waals surface area contributed by atoms with E-state index in [0.29, 0.717) is 5.75 Å². The van der Waals surface area contributed by atoms with E-state index in [1.54, 1.807) is 0 Å². The number of ether oxygens (including phenoxy) is 1. The van der Waals surface area contributed by atoms with Crippen LogP contribution in [0.3, 0.4) is 0 Å².